The average molecular weight is 1190 g/mol. The van der Waals surface area contributed by atoms with Gasteiger partial charge in [-0.1, -0.05) is 133 Å². The molecule has 10 aromatic rings. The van der Waals surface area contributed by atoms with Crippen molar-refractivity contribution in [3.05, 3.63) is 194 Å². The fourth-order valence-corrected chi connectivity index (χ4v) is 7.28. The Hall–Kier alpha value is -3.82. The molecule has 0 spiro atoms. The number of pyridine rings is 4. The molecule has 0 fully saturated rings. The van der Waals surface area contributed by atoms with E-state index in [1.165, 1.54) is 32.7 Å². The largest absolute Gasteiger partial charge is 1.00 e. The third kappa shape index (κ3) is 10.6. The Bertz CT molecular complexity index is 2600. The summed E-state index contributed by atoms with van der Waals surface area (Å²) in [5, 5.41) is 9.28. The van der Waals surface area contributed by atoms with E-state index in [9.17, 15) is 0 Å². The molecule has 0 amide bonds. The summed E-state index contributed by atoms with van der Waals surface area (Å²) in [6.45, 7) is 4.22. The van der Waals surface area contributed by atoms with E-state index in [1.807, 2.05) is 49.1 Å². The van der Waals surface area contributed by atoms with Gasteiger partial charge in [0.1, 0.15) is 0 Å². The van der Waals surface area contributed by atoms with Crippen molar-refractivity contribution in [3.8, 4) is 45.0 Å². The van der Waals surface area contributed by atoms with Crippen molar-refractivity contribution in [2.75, 3.05) is 0 Å². The topological polar surface area (TPSA) is 113 Å². The molecule has 0 aliphatic heterocycles. The number of rotatable bonds is 4. The maximum Gasteiger partial charge on any atom is 1.00 e. The van der Waals surface area contributed by atoms with Crippen molar-refractivity contribution >= 4 is 52.5 Å². The number of nitrogens with zero attached hydrogens (tertiary/aromatic N) is 4. The number of halogens is 1. The second kappa shape index (κ2) is 22.9. The Morgan fingerprint density at radius 3 is 0.850 bits per heavy atom. The first-order valence-corrected chi connectivity index (χ1v) is 21.0. The van der Waals surface area contributed by atoms with Crippen LogP contribution in [0.1, 0.15) is 11.1 Å². The van der Waals surface area contributed by atoms with E-state index >= 15 is 0 Å². The van der Waals surface area contributed by atoms with Crippen molar-refractivity contribution in [2.24, 2.45) is 0 Å². The molecular formula is C50H37ClKN4O2Pt2-. The second-order valence-corrected chi connectivity index (χ2v) is 13.5. The van der Waals surface area contributed by atoms with Gasteiger partial charge in [0.25, 0.3) is 0 Å². The van der Waals surface area contributed by atoms with Crippen molar-refractivity contribution in [2.45, 2.75) is 13.8 Å². The Morgan fingerprint density at radius 2 is 0.617 bits per heavy atom. The van der Waals surface area contributed by atoms with Crippen LogP contribution in [0.25, 0.3) is 88.1 Å². The Morgan fingerprint density at radius 1 is 0.400 bits per heavy atom. The second-order valence-electron chi connectivity index (χ2n) is 13.5. The third-order valence-electron chi connectivity index (χ3n) is 9.74. The molecule has 0 aliphatic rings. The first kappa shape index (κ1) is 48.8. The predicted octanol–water partition coefficient (Wildman–Crippen LogP) is 9.14. The summed E-state index contributed by atoms with van der Waals surface area (Å²) < 4.78 is 0. The molecule has 6 nitrogen and oxygen atoms in total. The molecule has 0 unspecified atom stereocenters. The van der Waals surface area contributed by atoms with Crippen LogP contribution in [0, 0.1) is 26.0 Å². The van der Waals surface area contributed by atoms with Crippen molar-refractivity contribution in [1.82, 2.24) is 19.9 Å². The molecule has 4 aromatic heterocycles. The van der Waals surface area contributed by atoms with E-state index < -0.39 is 0 Å². The van der Waals surface area contributed by atoms with E-state index in [1.54, 1.807) is 18.8 Å². The minimum absolute atomic E-state index is 0. The molecule has 0 atom stereocenters. The molecule has 298 valence electrons. The normalized spacial score (nSPS) is 10.2. The number of fused-ring (bicyclic) bond motifs is 4. The maximum absolute atomic E-state index is 4.66. The molecule has 6 aromatic carbocycles. The van der Waals surface area contributed by atoms with Crippen LogP contribution in [-0.2, 0) is 39.8 Å². The van der Waals surface area contributed by atoms with Crippen LogP contribution in [0.5, 0.6) is 0 Å². The van der Waals surface area contributed by atoms with Gasteiger partial charge in [0, 0.05) is 68.6 Å². The van der Waals surface area contributed by atoms with E-state index in [4.69, 9.17) is 0 Å². The summed E-state index contributed by atoms with van der Waals surface area (Å²) >= 11 is 1.61. The van der Waals surface area contributed by atoms with Crippen molar-refractivity contribution in [1.29, 1.82) is 0 Å². The van der Waals surface area contributed by atoms with Crippen LogP contribution in [0.2, 0.25) is 0 Å². The van der Waals surface area contributed by atoms with Gasteiger partial charge in [-0.3, -0.25) is 19.9 Å². The van der Waals surface area contributed by atoms with Gasteiger partial charge in [-0.05, 0) is 67.4 Å². The molecule has 10 rings (SSSR count). The summed E-state index contributed by atoms with van der Waals surface area (Å²) in [6.07, 6.45) is 7.46. The number of hydrogen-bond donors (Lipinski definition) is 0. The summed E-state index contributed by atoms with van der Waals surface area (Å²) in [5.41, 5.74) is 10.2. The summed E-state index contributed by atoms with van der Waals surface area (Å²) in [4.78, 5) is 18.7. The number of aryl methyl sites for hydroxylation is 2. The van der Waals surface area contributed by atoms with Gasteiger partial charge in [0.15, 0.2) is 0 Å². The molecule has 4 heterocycles. The molecule has 10 heteroatoms. The Kier molecular flexibility index (Phi) is 18.6. The van der Waals surface area contributed by atoms with Crippen LogP contribution in [0.15, 0.2) is 170 Å². The SMILES string of the molecule is Cc1cc(-c2nccc3ccccc23)[c-]c(-c2nccc3ccccc23)c1.Cc1cc(-c2nccc3ccccc23)[c-]c(-c2nccc3ccccc23)c1.O.[Cl][Pt+].[K+].[OH-].[Pt]. The monoisotopic (exact) mass is 1190 g/mol. The summed E-state index contributed by atoms with van der Waals surface area (Å²) in [6, 6.07) is 57.2. The molecular weight excluding hydrogens is 1150 g/mol. The molecule has 0 saturated carbocycles. The molecule has 0 radical (unpaired) electrons. The summed E-state index contributed by atoms with van der Waals surface area (Å²) in [5.74, 6) is 0. The van der Waals surface area contributed by atoms with Gasteiger partial charge < -0.3 is 11.0 Å². The van der Waals surface area contributed by atoms with E-state index in [-0.39, 0.29) is 83.4 Å². The van der Waals surface area contributed by atoms with E-state index in [2.05, 4.69) is 177 Å². The van der Waals surface area contributed by atoms with Crippen molar-refractivity contribution < 1.29 is 102 Å². The fraction of sp³-hybridized carbons (Fsp3) is 0.0400. The zero-order valence-electron chi connectivity index (χ0n) is 32.9. The Balaban J connectivity index is 0.000000239. The van der Waals surface area contributed by atoms with Gasteiger partial charge in [-0.25, -0.2) is 0 Å². The van der Waals surface area contributed by atoms with E-state index in [0.29, 0.717) is 0 Å². The first-order valence-electron chi connectivity index (χ1n) is 18.2. The maximum atomic E-state index is 4.66. The minimum Gasteiger partial charge on any atom is -0.870 e. The standard InChI is InChI=1S/2C25H17N2.ClH.K.2H2O.2Pt/c2*1-17-14-20(24-22-8-4-2-6-18(22)10-12-26-24)16-21(15-17)25-23-9-5-3-7-19(23)11-13-27-25;;;;;;/h2*2-15H,1H3;1H;;2*1H2;;/q2*-1;;+1;;;;+2/p-2. The zero-order chi connectivity index (χ0) is 38.4. The molecule has 0 aliphatic carbocycles. The smallest absolute Gasteiger partial charge is 0.870 e. The van der Waals surface area contributed by atoms with Gasteiger partial charge in [0.2, 0.25) is 0 Å². The number of aromatic nitrogens is 4. The number of hydrogen-bond acceptors (Lipinski definition) is 5. The summed E-state index contributed by atoms with van der Waals surface area (Å²) in [7, 11) is 4.61. The average Bonchev–Trinajstić information content (AvgIpc) is 3.26. The first-order chi connectivity index (χ1) is 27.6. The zero-order valence-corrected chi connectivity index (χ0v) is 41.3. The van der Waals surface area contributed by atoms with E-state index in [0.717, 1.165) is 66.6 Å². The molecule has 3 N–H and O–H groups in total. The van der Waals surface area contributed by atoms with Gasteiger partial charge in [0.05, 0.1) is 0 Å². The molecule has 60 heavy (non-hydrogen) atoms. The number of benzene rings is 6. The third-order valence-corrected chi connectivity index (χ3v) is 9.74. The van der Waals surface area contributed by atoms with Crippen molar-refractivity contribution in [3.63, 3.8) is 0 Å². The van der Waals surface area contributed by atoms with Crippen LogP contribution >= 0.6 is 9.42 Å². The van der Waals surface area contributed by atoms with Crippen LogP contribution in [0.3, 0.4) is 0 Å². The quantitative estimate of drug-likeness (QED) is 0.129. The fourth-order valence-electron chi connectivity index (χ4n) is 7.28. The van der Waals surface area contributed by atoms with Gasteiger partial charge in [-0.15, -0.1) is 47.5 Å². The minimum atomic E-state index is 0. The van der Waals surface area contributed by atoms with Crippen LogP contribution in [-0.4, -0.2) is 30.9 Å². The van der Waals surface area contributed by atoms with Gasteiger partial charge in [-0.2, -0.15) is 0 Å². The van der Waals surface area contributed by atoms with Crippen LogP contribution in [0.4, 0.5) is 0 Å². The van der Waals surface area contributed by atoms with Crippen LogP contribution < -0.4 is 51.4 Å². The predicted molar refractivity (Wildman–Crippen MR) is 234 cm³/mol. The Labute approximate surface area is 422 Å². The molecule has 0 saturated heterocycles. The van der Waals surface area contributed by atoms with Gasteiger partial charge >= 0.3 is 79.6 Å². The molecule has 0 bridgehead atoms.